The van der Waals surface area contributed by atoms with Crippen molar-refractivity contribution in [3.05, 3.63) is 42.4 Å². The second-order valence-electron chi connectivity index (χ2n) is 8.96. The summed E-state index contributed by atoms with van der Waals surface area (Å²) in [5.74, 6) is 0.800. The summed E-state index contributed by atoms with van der Waals surface area (Å²) in [7, 11) is 2.51. The van der Waals surface area contributed by atoms with Crippen LogP contribution in [0, 0.1) is 0 Å². The second kappa shape index (κ2) is 8.28. The highest BCUT2D eigenvalue weighted by molar-refractivity contribution is 6.76. The maximum atomic E-state index is 11.2. The van der Waals surface area contributed by atoms with Crippen LogP contribution in [0.4, 0.5) is 0 Å². The molecule has 4 rings (SSSR count). The molecule has 8 heteroatoms. The van der Waals surface area contributed by atoms with Gasteiger partial charge in [-0.2, -0.15) is 0 Å². The molecule has 3 heterocycles. The predicted octanol–water partition coefficient (Wildman–Crippen LogP) is 4.72. The maximum absolute atomic E-state index is 11.2. The smallest absolute Gasteiger partial charge is 0.170 e. The van der Waals surface area contributed by atoms with Crippen molar-refractivity contribution in [1.29, 1.82) is 0 Å². The number of nitrogens with zero attached hydrogens (tertiary/aromatic N) is 4. The lowest BCUT2D eigenvalue weighted by Gasteiger charge is -2.16. The minimum Gasteiger partial charge on any atom is -0.497 e. The van der Waals surface area contributed by atoms with Gasteiger partial charge in [0.15, 0.2) is 11.9 Å². The Morgan fingerprint density at radius 2 is 2.00 bits per heavy atom. The van der Waals surface area contributed by atoms with Crippen LogP contribution >= 0.6 is 0 Å². The summed E-state index contributed by atoms with van der Waals surface area (Å²) in [6, 6.07) is 9.12. The fourth-order valence-electron chi connectivity index (χ4n) is 3.68. The molecule has 0 radical (unpaired) electrons. The minimum atomic E-state index is -1.18. The summed E-state index contributed by atoms with van der Waals surface area (Å²) >= 11 is 0. The van der Waals surface area contributed by atoms with Crippen molar-refractivity contribution in [3.8, 4) is 17.0 Å². The SMILES string of the molecule is COc1ccc2c(c1)c(-c1cc3nc(C=O)cnc3n1COCC[Si](C)(C)C)cn2C. The molecule has 0 saturated carbocycles. The Morgan fingerprint density at radius 1 is 1.19 bits per heavy atom. The summed E-state index contributed by atoms with van der Waals surface area (Å²) in [5.41, 5.74) is 4.78. The van der Waals surface area contributed by atoms with E-state index in [-0.39, 0.29) is 0 Å². The second-order valence-corrected chi connectivity index (χ2v) is 14.6. The van der Waals surface area contributed by atoms with E-state index in [1.807, 2.05) is 29.8 Å². The Morgan fingerprint density at radius 3 is 2.71 bits per heavy atom. The molecule has 0 aliphatic heterocycles. The van der Waals surface area contributed by atoms with Crippen molar-refractivity contribution < 1.29 is 14.3 Å². The molecule has 162 valence electrons. The first-order valence-corrected chi connectivity index (χ1v) is 14.0. The van der Waals surface area contributed by atoms with E-state index < -0.39 is 8.07 Å². The highest BCUT2D eigenvalue weighted by Gasteiger charge is 2.19. The number of rotatable bonds is 8. The van der Waals surface area contributed by atoms with Crippen molar-refractivity contribution in [2.24, 2.45) is 7.05 Å². The van der Waals surface area contributed by atoms with Gasteiger partial charge in [-0.25, -0.2) is 9.97 Å². The fraction of sp³-hybridized carbons (Fsp3) is 0.348. The van der Waals surface area contributed by atoms with Crippen LogP contribution in [-0.4, -0.2) is 47.2 Å². The molecular weight excluding hydrogens is 408 g/mol. The summed E-state index contributed by atoms with van der Waals surface area (Å²) in [5, 5.41) is 1.07. The Labute approximate surface area is 182 Å². The number of aldehydes is 1. The third-order valence-electron chi connectivity index (χ3n) is 5.43. The number of hydrogen-bond acceptors (Lipinski definition) is 5. The fourth-order valence-corrected chi connectivity index (χ4v) is 4.44. The average molecular weight is 437 g/mol. The third kappa shape index (κ3) is 4.26. The van der Waals surface area contributed by atoms with Crippen LogP contribution < -0.4 is 4.74 Å². The van der Waals surface area contributed by atoms with Crippen LogP contribution in [0.5, 0.6) is 5.75 Å². The zero-order valence-corrected chi connectivity index (χ0v) is 19.7. The van der Waals surface area contributed by atoms with Gasteiger partial charge in [0.2, 0.25) is 0 Å². The molecule has 0 atom stereocenters. The van der Waals surface area contributed by atoms with E-state index in [1.54, 1.807) is 7.11 Å². The van der Waals surface area contributed by atoms with Crippen LogP contribution in [0.2, 0.25) is 25.7 Å². The van der Waals surface area contributed by atoms with Gasteiger partial charge in [-0.05, 0) is 30.3 Å². The Kier molecular flexibility index (Phi) is 5.68. The molecule has 0 N–H and O–H groups in total. The molecule has 0 aliphatic rings. The first kappa shape index (κ1) is 21.3. The van der Waals surface area contributed by atoms with Crippen molar-refractivity contribution >= 4 is 36.4 Å². The van der Waals surface area contributed by atoms with Crippen LogP contribution in [0.1, 0.15) is 10.5 Å². The number of aromatic nitrogens is 4. The molecule has 3 aromatic heterocycles. The zero-order chi connectivity index (χ0) is 22.2. The van der Waals surface area contributed by atoms with Gasteiger partial charge in [-0.1, -0.05) is 19.6 Å². The highest BCUT2D eigenvalue weighted by Crippen LogP contribution is 2.35. The van der Waals surface area contributed by atoms with Crippen LogP contribution in [0.25, 0.3) is 33.3 Å². The van der Waals surface area contributed by atoms with Crippen LogP contribution in [0.3, 0.4) is 0 Å². The van der Waals surface area contributed by atoms with Crippen molar-refractivity contribution in [2.75, 3.05) is 13.7 Å². The van der Waals surface area contributed by atoms with E-state index in [0.29, 0.717) is 30.2 Å². The van der Waals surface area contributed by atoms with Gasteiger partial charge in [0.1, 0.15) is 23.7 Å². The molecule has 4 aromatic rings. The lowest BCUT2D eigenvalue weighted by molar-refractivity contribution is 0.0909. The quantitative estimate of drug-likeness (QED) is 0.227. The third-order valence-corrected chi connectivity index (χ3v) is 7.13. The summed E-state index contributed by atoms with van der Waals surface area (Å²) in [4.78, 5) is 20.2. The number of methoxy groups -OCH3 is 1. The monoisotopic (exact) mass is 436 g/mol. The van der Waals surface area contributed by atoms with Gasteiger partial charge in [0, 0.05) is 44.4 Å². The summed E-state index contributed by atoms with van der Waals surface area (Å²) < 4.78 is 15.7. The van der Waals surface area contributed by atoms with E-state index in [2.05, 4.69) is 46.4 Å². The van der Waals surface area contributed by atoms with Crippen molar-refractivity contribution in [2.45, 2.75) is 32.4 Å². The van der Waals surface area contributed by atoms with E-state index in [4.69, 9.17) is 9.47 Å². The number of carbonyl (C=O) groups is 1. The maximum Gasteiger partial charge on any atom is 0.170 e. The number of ether oxygens (including phenoxy) is 2. The molecule has 0 fully saturated rings. The van der Waals surface area contributed by atoms with Gasteiger partial charge < -0.3 is 14.0 Å². The largest absolute Gasteiger partial charge is 0.497 e. The lowest BCUT2D eigenvalue weighted by Crippen LogP contribution is -2.22. The van der Waals surface area contributed by atoms with Gasteiger partial charge in [-0.15, -0.1) is 0 Å². The molecule has 0 saturated heterocycles. The van der Waals surface area contributed by atoms with E-state index in [9.17, 15) is 4.79 Å². The van der Waals surface area contributed by atoms with Crippen molar-refractivity contribution in [3.63, 3.8) is 0 Å². The van der Waals surface area contributed by atoms with Gasteiger partial charge in [-0.3, -0.25) is 9.36 Å². The number of benzene rings is 1. The first-order chi connectivity index (χ1) is 14.8. The van der Waals surface area contributed by atoms with Gasteiger partial charge in [0.25, 0.3) is 0 Å². The molecular formula is C23H28N4O3Si. The highest BCUT2D eigenvalue weighted by atomic mass is 28.3. The first-order valence-electron chi connectivity index (χ1n) is 10.3. The summed E-state index contributed by atoms with van der Waals surface area (Å²) in [6.45, 7) is 8.09. The molecule has 0 bridgehead atoms. The zero-order valence-electron chi connectivity index (χ0n) is 18.7. The van der Waals surface area contributed by atoms with E-state index >= 15 is 0 Å². The van der Waals surface area contributed by atoms with Crippen molar-refractivity contribution in [1.82, 2.24) is 19.1 Å². The lowest BCUT2D eigenvalue weighted by atomic mass is 10.1. The molecule has 0 aliphatic carbocycles. The predicted molar refractivity (Wildman–Crippen MR) is 125 cm³/mol. The topological polar surface area (TPSA) is 71.2 Å². The molecule has 0 spiro atoms. The minimum absolute atomic E-state index is 0.315. The Hall–Kier alpha value is -2.97. The normalized spacial score (nSPS) is 12.0. The average Bonchev–Trinajstić information content (AvgIpc) is 3.26. The molecule has 0 unspecified atom stereocenters. The van der Waals surface area contributed by atoms with Gasteiger partial charge in [0.05, 0.1) is 19.0 Å². The standard InChI is InChI=1S/C23H28N4O3Si/c1-26-13-19(18-10-17(29-2)6-7-21(18)26)22-11-20-23(24-12-16(14-28)25-20)27(22)15-30-8-9-31(3,4)5/h6-7,10-14H,8-9,15H2,1-5H3. The number of carbonyl (C=O) groups excluding carboxylic acids is 1. The Bertz CT molecular complexity index is 1250. The van der Waals surface area contributed by atoms with Crippen LogP contribution in [-0.2, 0) is 18.5 Å². The Balaban J connectivity index is 1.83. The molecule has 31 heavy (non-hydrogen) atoms. The number of hydrogen-bond donors (Lipinski definition) is 0. The van der Waals surface area contributed by atoms with Crippen LogP contribution in [0.15, 0.2) is 36.7 Å². The van der Waals surface area contributed by atoms with E-state index in [1.165, 1.54) is 6.20 Å². The van der Waals surface area contributed by atoms with Gasteiger partial charge >= 0.3 is 0 Å². The number of fused-ring (bicyclic) bond motifs is 2. The van der Waals surface area contributed by atoms with E-state index in [0.717, 1.165) is 40.2 Å². The summed E-state index contributed by atoms with van der Waals surface area (Å²) in [6.07, 6.45) is 4.32. The molecule has 0 amide bonds. The number of aryl methyl sites for hydroxylation is 1. The molecule has 7 nitrogen and oxygen atoms in total. The molecule has 1 aromatic carbocycles.